The molecular weight excluding hydrogens is 363 g/mol. The lowest BCUT2D eigenvalue weighted by molar-refractivity contribution is -0.137. The molecule has 1 aliphatic heterocycles. The maximum atomic E-state index is 12.9. The van der Waals surface area contributed by atoms with Crippen LogP contribution in [0.15, 0.2) is 47.4 Å². The fourth-order valence-corrected chi connectivity index (χ4v) is 3.83. The van der Waals surface area contributed by atoms with E-state index in [1.54, 1.807) is 23.5 Å². The Balaban J connectivity index is 1.47. The maximum Gasteiger partial charge on any atom is 0.249 e. The molecule has 4 nitrogen and oxygen atoms in total. The van der Waals surface area contributed by atoms with Gasteiger partial charge in [0.1, 0.15) is 5.82 Å². The zero-order chi connectivity index (χ0) is 19.2. The highest BCUT2D eigenvalue weighted by atomic mass is 32.1. The minimum atomic E-state index is -0.269. The van der Waals surface area contributed by atoms with Crippen LogP contribution in [0.25, 0.3) is 6.08 Å². The average molecular weight is 386 g/mol. The number of hydrogen-bond acceptors (Lipinski definition) is 3. The van der Waals surface area contributed by atoms with Crippen molar-refractivity contribution in [1.82, 2.24) is 9.80 Å². The van der Waals surface area contributed by atoms with Gasteiger partial charge >= 0.3 is 0 Å². The van der Waals surface area contributed by atoms with Crippen LogP contribution >= 0.6 is 11.3 Å². The third kappa shape index (κ3) is 5.26. The first-order valence-electron chi connectivity index (χ1n) is 9.06. The number of carbonyl (C=O) groups is 2. The summed E-state index contributed by atoms with van der Waals surface area (Å²) in [5.41, 5.74) is 1.67. The lowest BCUT2D eigenvalue weighted by Gasteiger charge is -2.35. The molecule has 1 aromatic carbocycles. The minimum absolute atomic E-state index is 0.0295. The van der Waals surface area contributed by atoms with Gasteiger partial charge in [0, 0.05) is 43.1 Å². The van der Waals surface area contributed by atoms with Gasteiger partial charge in [-0.15, -0.1) is 11.3 Å². The number of benzene rings is 1. The Morgan fingerprint density at radius 2 is 1.74 bits per heavy atom. The Hall–Kier alpha value is -2.47. The number of rotatable bonds is 5. The van der Waals surface area contributed by atoms with Crippen molar-refractivity contribution in [2.24, 2.45) is 0 Å². The molecule has 2 aromatic rings. The fraction of sp³-hybridized carbons (Fsp3) is 0.333. The van der Waals surface area contributed by atoms with Gasteiger partial charge in [-0.05, 0) is 48.6 Å². The highest BCUT2D eigenvalue weighted by Crippen LogP contribution is 2.16. The van der Waals surface area contributed by atoms with Gasteiger partial charge in [0.2, 0.25) is 11.8 Å². The van der Waals surface area contributed by atoms with Crippen LogP contribution in [-0.4, -0.2) is 47.8 Å². The summed E-state index contributed by atoms with van der Waals surface area (Å²) in [7, 11) is 0. The Morgan fingerprint density at radius 1 is 1.07 bits per heavy atom. The summed E-state index contributed by atoms with van der Waals surface area (Å²) in [5.74, 6) is -0.159. The van der Waals surface area contributed by atoms with Gasteiger partial charge in [0.25, 0.3) is 0 Å². The summed E-state index contributed by atoms with van der Waals surface area (Å²) in [6, 6.07) is 10.2. The van der Waals surface area contributed by atoms with Crippen LogP contribution in [0.4, 0.5) is 4.39 Å². The normalized spacial score (nSPS) is 15.1. The van der Waals surface area contributed by atoms with Crippen LogP contribution in [0.2, 0.25) is 0 Å². The lowest BCUT2D eigenvalue weighted by Crippen LogP contribution is -2.50. The quantitative estimate of drug-likeness (QED) is 0.737. The van der Waals surface area contributed by atoms with Crippen molar-refractivity contribution >= 4 is 29.2 Å². The van der Waals surface area contributed by atoms with E-state index in [1.165, 1.54) is 12.1 Å². The third-order valence-corrected chi connectivity index (χ3v) is 5.52. The molecule has 27 heavy (non-hydrogen) atoms. The highest BCUT2D eigenvalue weighted by Gasteiger charge is 2.24. The topological polar surface area (TPSA) is 40.6 Å². The van der Waals surface area contributed by atoms with Gasteiger partial charge in [-0.25, -0.2) is 4.39 Å². The molecule has 3 rings (SSSR count). The summed E-state index contributed by atoms with van der Waals surface area (Å²) in [4.78, 5) is 29.7. The first-order chi connectivity index (χ1) is 13.0. The Kier molecular flexibility index (Phi) is 6.40. The molecule has 1 aromatic heterocycles. The first-order valence-corrected chi connectivity index (χ1v) is 9.94. The molecule has 142 valence electrons. The van der Waals surface area contributed by atoms with Crippen LogP contribution in [-0.2, 0) is 16.0 Å². The van der Waals surface area contributed by atoms with E-state index in [9.17, 15) is 14.0 Å². The predicted octanol–water partition coefficient (Wildman–Crippen LogP) is 3.59. The van der Waals surface area contributed by atoms with Gasteiger partial charge in [-0.3, -0.25) is 9.59 Å². The largest absolute Gasteiger partial charge is 0.339 e. The van der Waals surface area contributed by atoms with E-state index in [4.69, 9.17) is 0 Å². The second-order valence-corrected chi connectivity index (χ2v) is 7.62. The zero-order valence-corrected chi connectivity index (χ0v) is 16.2. The van der Waals surface area contributed by atoms with E-state index >= 15 is 0 Å². The Morgan fingerprint density at radius 3 is 2.37 bits per heavy atom. The number of halogens is 1. The summed E-state index contributed by atoms with van der Waals surface area (Å²) in [6.07, 6.45) is 2.91. The number of carbonyl (C=O) groups excluding carboxylic acids is 2. The fourth-order valence-electron chi connectivity index (χ4n) is 3.12. The van der Waals surface area contributed by atoms with Crippen molar-refractivity contribution in [3.8, 4) is 0 Å². The number of aryl methyl sites for hydroxylation is 1. The minimum Gasteiger partial charge on any atom is -0.339 e. The van der Waals surface area contributed by atoms with Gasteiger partial charge in [0.05, 0.1) is 0 Å². The van der Waals surface area contributed by atoms with E-state index in [-0.39, 0.29) is 17.6 Å². The standard InChI is InChI=1S/C21H23FN2O2S/c1-16(15-19-3-2-14-27-19)21(26)24-12-10-23(11-13-24)20(25)9-6-17-4-7-18(22)8-5-17/h2-5,7-8,14-15H,6,9-13H2,1H3/b16-15+. The number of hydrogen-bond donors (Lipinski definition) is 0. The molecule has 0 aliphatic carbocycles. The first kappa shape index (κ1) is 19.3. The predicted molar refractivity (Wildman–Crippen MR) is 106 cm³/mol. The Labute approximate surface area is 162 Å². The Bertz CT molecular complexity index is 807. The number of thiophene rings is 1. The van der Waals surface area contributed by atoms with E-state index in [2.05, 4.69) is 0 Å². The van der Waals surface area contributed by atoms with Crippen molar-refractivity contribution < 1.29 is 14.0 Å². The van der Waals surface area contributed by atoms with E-state index < -0.39 is 0 Å². The van der Waals surface area contributed by atoms with Gasteiger partial charge in [-0.1, -0.05) is 18.2 Å². The molecule has 1 saturated heterocycles. The van der Waals surface area contributed by atoms with Crippen LogP contribution in [0.1, 0.15) is 23.8 Å². The lowest BCUT2D eigenvalue weighted by atomic mass is 10.1. The summed E-state index contributed by atoms with van der Waals surface area (Å²) >= 11 is 1.60. The number of amides is 2. The molecule has 2 amide bonds. The molecule has 6 heteroatoms. The molecule has 1 aliphatic rings. The summed E-state index contributed by atoms with van der Waals surface area (Å²) in [5, 5.41) is 1.99. The molecule has 1 fully saturated rings. The molecule has 0 saturated carbocycles. The van der Waals surface area contributed by atoms with Gasteiger partial charge in [0.15, 0.2) is 0 Å². The molecule has 0 atom stereocenters. The molecule has 0 spiro atoms. The second kappa shape index (κ2) is 8.95. The van der Waals surface area contributed by atoms with Crippen LogP contribution in [0, 0.1) is 5.82 Å². The molecule has 0 radical (unpaired) electrons. The van der Waals surface area contributed by atoms with E-state index in [0.29, 0.717) is 44.6 Å². The number of piperazine rings is 1. The van der Waals surface area contributed by atoms with Crippen molar-refractivity contribution in [3.63, 3.8) is 0 Å². The summed E-state index contributed by atoms with van der Waals surface area (Å²) in [6.45, 7) is 4.05. The van der Waals surface area contributed by atoms with Gasteiger partial charge in [-0.2, -0.15) is 0 Å². The number of nitrogens with zero attached hydrogens (tertiary/aromatic N) is 2. The molecule has 0 unspecified atom stereocenters. The summed E-state index contributed by atoms with van der Waals surface area (Å²) < 4.78 is 12.9. The maximum absolute atomic E-state index is 12.9. The van der Waals surface area contributed by atoms with Crippen molar-refractivity contribution in [2.45, 2.75) is 19.8 Å². The van der Waals surface area contributed by atoms with Crippen LogP contribution in [0.3, 0.4) is 0 Å². The van der Waals surface area contributed by atoms with Crippen molar-refractivity contribution in [2.75, 3.05) is 26.2 Å². The smallest absolute Gasteiger partial charge is 0.249 e. The molecular formula is C21H23FN2O2S. The van der Waals surface area contributed by atoms with Crippen molar-refractivity contribution in [1.29, 1.82) is 0 Å². The van der Waals surface area contributed by atoms with Crippen LogP contribution < -0.4 is 0 Å². The third-order valence-electron chi connectivity index (χ3n) is 4.70. The SMILES string of the molecule is C/C(=C\c1cccs1)C(=O)N1CCN(C(=O)CCc2ccc(F)cc2)CC1. The zero-order valence-electron chi connectivity index (χ0n) is 15.4. The van der Waals surface area contributed by atoms with Crippen LogP contribution in [0.5, 0.6) is 0 Å². The van der Waals surface area contributed by atoms with Crippen molar-refractivity contribution in [3.05, 3.63) is 63.6 Å². The van der Waals surface area contributed by atoms with Gasteiger partial charge < -0.3 is 9.80 Å². The van der Waals surface area contributed by atoms with E-state index in [0.717, 1.165) is 10.4 Å². The molecule has 0 bridgehead atoms. The second-order valence-electron chi connectivity index (χ2n) is 6.64. The monoisotopic (exact) mass is 386 g/mol. The van der Waals surface area contributed by atoms with E-state index in [1.807, 2.05) is 40.3 Å². The average Bonchev–Trinajstić information content (AvgIpc) is 3.20. The highest BCUT2D eigenvalue weighted by molar-refractivity contribution is 7.10. The molecule has 2 heterocycles. The molecule has 0 N–H and O–H groups in total.